The van der Waals surface area contributed by atoms with Crippen LogP contribution in [0.2, 0.25) is 5.02 Å². The van der Waals surface area contributed by atoms with Gasteiger partial charge in [0.2, 0.25) is 5.88 Å². The molecular weight excluding hydrogens is 763 g/mol. The minimum absolute atomic E-state index is 0. The molecule has 1 fully saturated rings. The molecule has 218 valence electrons. The van der Waals surface area contributed by atoms with Crippen LogP contribution >= 0.6 is 11.6 Å². The molecule has 1 aliphatic rings. The van der Waals surface area contributed by atoms with E-state index in [-0.39, 0.29) is 43.5 Å². The number of carbonyl (C=O) groups excluding carboxylic acids is 1. The van der Waals surface area contributed by atoms with Crippen molar-refractivity contribution in [1.29, 1.82) is 0 Å². The van der Waals surface area contributed by atoms with Gasteiger partial charge in [-0.15, -0.1) is 17.7 Å². The van der Waals surface area contributed by atoms with E-state index in [1.54, 1.807) is 24.3 Å². The Morgan fingerprint density at radius 1 is 1.17 bits per heavy atom. The Balaban J connectivity index is 0.00000192. The van der Waals surface area contributed by atoms with Gasteiger partial charge >= 0.3 is 0 Å². The van der Waals surface area contributed by atoms with Crippen LogP contribution in [0.15, 0.2) is 66.9 Å². The van der Waals surface area contributed by atoms with Gasteiger partial charge in [-0.1, -0.05) is 56.6 Å². The Kier molecular flexibility index (Phi) is 15.1. The van der Waals surface area contributed by atoms with Gasteiger partial charge < -0.3 is 14.4 Å². The molecule has 0 atom stereocenters. The number of likely N-dealkylation sites (tertiary alicyclic amines) is 1. The molecule has 1 aromatic heterocycles. The number of nitrogens with zero attached hydrogens (tertiary/aromatic N) is 3. The Labute approximate surface area is 273 Å². The maximum Gasteiger partial charge on any atom is 0.213 e. The largest absolute Gasteiger partial charge is 0.473 e. The number of pyridine rings is 1. The summed E-state index contributed by atoms with van der Waals surface area (Å²) in [5.74, 6) is 0.447. The van der Waals surface area contributed by atoms with Crippen LogP contribution in [0.4, 0.5) is 10.1 Å². The standard InChI is InChI=1S/C31H34ClFN3O2.C2H6.U/c1-4-14-36(30-17-24(20-37)9-8-22(30)2)23(3)19-35-15-12-25(13-16-35)29-6-5-7-31(34-29)38-21-26-10-11-27(32)18-28(26)33;1-2;/h5-11,17-18,25H,3-4,12-16,19,21H2,1-2H3;1-2H3;/q-1;;. The Morgan fingerprint density at radius 3 is 2.56 bits per heavy atom. The normalized spacial score (nSPS) is 13.4. The zero-order chi connectivity index (χ0) is 29.1. The predicted octanol–water partition coefficient (Wildman–Crippen LogP) is 7.86. The molecule has 0 N–H and O–H groups in total. The van der Waals surface area contributed by atoms with Crippen LogP contribution in [0.25, 0.3) is 0 Å². The summed E-state index contributed by atoms with van der Waals surface area (Å²) in [6.07, 6.45) is 4.95. The van der Waals surface area contributed by atoms with Crippen molar-refractivity contribution in [2.75, 3.05) is 31.1 Å². The van der Waals surface area contributed by atoms with Crippen molar-refractivity contribution in [2.45, 2.75) is 59.5 Å². The summed E-state index contributed by atoms with van der Waals surface area (Å²) in [4.78, 5) is 20.6. The molecule has 41 heavy (non-hydrogen) atoms. The van der Waals surface area contributed by atoms with Gasteiger partial charge in [0.15, 0.2) is 0 Å². The number of ether oxygens (including phenoxy) is 1. The first kappa shape index (κ1) is 35.0. The van der Waals surface area contributed by atoms with Crippen molar-refractivity contribution in [3.05, 3.63) is 100 Å². The molecule has 1 aliphatic heterocycles. The molecule has 0 saturated carbocycles. The van der Waals surface area contributed by atoms with Crippen molar-refractivity contribution in [3.8, 4) is 5.88 Å². The molecule has 0 bridgehead atoms. The molecule has 3 aromatic rings. The van der Waals surface area contributed by atoms with Crippen LogP contribution < -0.4 is 9.64 Å². The third-order valence-corrected chi connectivity index (χ3v) is 7.23. The van der Waals surface area contributed by atoms with Crippen molar-refractivity contribution >= 4 is 23.6 Å². The molecule has 5 nitrogen and oxygen atoms in total. The van der Waals surface area contributed by atoms with E-state index >= 15 is 0 Å². The number of piperidine rings is 1. The van der Waals surface area contributed by atoms with Crippen LogP contribution in [0.1, 0.15) is 68.3 Å². The number of hydrogen-bond donors (Lipinski definition) is 0. The summed E-state index contributed by atoms with van der Waals surface area (Å²) in [5, 5.41) is 0.361. The summed E-state index contributed by atoms with van der Waals surface area (Å²) in [7, 11) is 0. The first-order chi connectivity index (χ1) is 19.4. The van der Waals surface area contributed by atoms with Crippen LogP contribution in [0, 0.1) is 43.9 Å². The van der Waals surface area contributed by atoms with Gasteiger partial charge in [-0.3, -0.25) is 4.90 Å². The molecular formula is C33H40ClFN3O2U-. The van der Waals surface area contributed by atoms with Gasteiger partial charge in [-0.2, -0.15) is 6.07 Å². The van der Waals surface area contributed by atoms with Crippen LogP contribution in [0.3, 0.4) is 0 Å². The van der Waals surface area contributed by atoms with Gasteiger partial charge in [-0.25, -0.2) is 9.37 Å². The summed E-state index contributed by atoms with van der Waals surface area (Å²) in [5.41, 5.74) is 5.16. The third-order valence-electron chi connectivity index (χ3n) is 6.99. The average molecular weight is 803 g/mol. The maximum absolute atomic E-state index is 14.1. The van der Waals surface area contributed by atoms with E-state index in [0.29, 0.717) is 27.9 Å². The fourth-order valence-corrected chi connectivity index (χ4v) is 5.05. The summed E-state index contributed by atoms with van der Waals surface area (Å²) >= 11 is 5.84. The van der Waals surface area contributed by atoms with Crippen molar-refractivity contribution in [2.24, 2.45) is 0 Å². The van der Waals surface area contributed by atoms with Gasteiger partial charge in [0.1, 0.15) is 12.4 Å². The zero-order valence-electron chi connectivity index (χ0n) is 24.6. The SMILES string of the molecule is C=C(CN1CCC(c2cccc(OCc3ccc(Cl)cc3F)n2)CC1)N(CCC)c1cc([C-]=O)ccc1C.CC.[U]. The van der Waals surface area contributed by atoms with E-state index < -0.39 is 0 Å². The molecule has 0 aliphatic carbocycles. The van der Waals surface area contributed by atoms with Crippen LogP contribution in [0.5, 0.6) is 5.88 Å². The first-order valence-corrected chi connectivity index (χ1v) is 14.5. The van der Waals surface area contributed by atoms with Crippen LogP contribution in [-0.2, 0) is 11.4 Å². The molecule has 0 spiro atoms. The molecule has 8 heteroatoms. The second-order valence-electron chi connectivity index (χ2n) is 9.80. The fourth-order valence-electron chi connectivity index (χ4n) is 4.90. The van der Waals surface area contributed by atoms with E-state index in [0.717, 1.165) is 68.1 Å². The number of aromatic nitrogens is 1. The summed E-state index contributed by atoms with van der Waals surface area (Å²) in [6.45, 7) is 16.2. The van der Waals surface area contributed by atoms with E-state index in [4.69, 9.17) is 21.3 Å². The van der Waals surface area contributed by atoms with Gasteiger partial charge in [-0.05, 0) is 63.2 Å². The number of benzene rings is 2. The molecule has 2 heterocycles. The second kappa shape index (κ2) is 17.7. The van der Waals surface area contributed by atoms with E-state index in [1.165, 1.54) is 6.07 Å². The average Bonchev–Trinajstić information content (AvgIpc) is 2.97. The van der Waals surface area contributed by atoms with Crippen molar-refractivity contribution in [3.63, 3.8) is 0 Å². The minimum Gasteiger partial charge on any atom is -0.473 e. The zero-order valence-corrected chi connectivity index (χ0v) is 29.5. The molecule has 0 radical (unpaired) electrons. The monoisotopic (exact) mass is 802 g/mol. The maximum atomic E-state index is 14.1. The first-order valence-electron chi connectivity index (χ1n) is 14.1. The molecule has 0 amide bonds. The minimum atomic E-state index is -0.384. The Hall–Kier alpha value is -2.17. The predicted molar refractivity (Wildman–Crippen MR) is 162 cm³/mol. The topological polar surface area (TPSA) is 45.7 Å². The van der Waals surface area contributed by atoms with Crippen LogP contribution in [-0.4, -0.2) is 42.3 Å². The van der Waals surface area contributed by atoms with E-state index in [9.17, 15) is 9.18 Å². The van der Waals surface area contributed by atoms with Gasteiger partial charge in [0, 0.05) is 78.2 Å². The summed E-state index contributed by atoms with van der Waals surface area (Å²) in [6, 6.07) is 16.0. The van der Waals surface area contributed by atoms with Gasteiger partial charge in [0.25, 0.3) is 0 Å². The number of rotatable bonds is 11. The number of hydrogen-bond acceptors (Lipinski definition) is 5. The van der Waals surface area contributed by atoms with E-state index in [1.807, 2.05) is 44.4 Å². The Morgan fingerprint density at radius 2 is 1.90 bits per heavy atom. The van der Waals surface area contributed by atoms with Crippen molar-refractivity contribution in [1.82, 2.24) is 9.88 Å². The molecule has 1 saturated heterocycles. The van der Waals surface area contributed by atoms with E-state index in [2.05, 4.69) is 30.2 Å². The number of halogens is 2. The van der Waals surface area contributed by atoms with Gasteiger partial charge in [0.05, 0.1) is 6.29 Å². The third kappa shape index (κ3) is 9.96. The quantitative estimate of drug-likeness (QED) is 0.185. The molecule has 4 rings (SSSR count). The summed E-state index contributed by atoms with van der Waals surface area (Å²) < 4.78 is 19.9. The smallest absolute Gasteiger partial charge is 0.213 e. The fraction of sp³-hybridized carbons (Fsp3) is 0.394. The Bertz CT molecular complexity index is 1280. The number of aryl methyl sites for hydroxylation is 1. The molecule has 2 aromatic carbocycles. The molecule has 0 unspecified atom stereocenters. The second-order valence-corrected chi connectivity index (χ2v) is 10.2. The number of anilines is 1. The van der Waals surface area contributed by atoms with Crippen molar-refractivity contribution < 1.29 is 45.0 Å².